The van der Waals surface area contributed by atoms with Gasteiger partial charge in [-0.3, -0.25) is 11.3 Å². The number of nitrogens with zero attached hydrogens (tertiary/aromatic N) is 1. The summed E-state index contributed by atoms with van der Waals surface area (Å²) in [6, 6.07) is 4.59. The number of hydrogen-bond donors (Lipinski definition) is 2. The van der Waals surface area contributed by atoms with Gasteiger partial charge in [-0.15, -0.1) is 11.3 Å². The molecule has 0 spiro atoms. The minimum absolute atomic E-state index is 0.120. The molecule has 1 aromatic carbocycles. The highest BCUT2D eigenvalue weighted by Gasteiger charge is 2.14. The van der Waals surface area contributed by atoms with Crippen molar-refractivity contribution in [3.63, 3.8) is 0 Å². The second-order valence-electron chi connectivity index (χ2n) is 3.74. The third-order valence-electron chi connectivity index (χ3n) is 2.64. The predicted molar refractivity (Wildman–Crippen MR) is 68.8 cm³/mol. The van der Waals surface area contributed by atoms with Crippen LogP contribution in [0.1, 0.15) is 16.6 Å². The highest BCUT2D eigenvalue weighted by Crippen LogP contribution is 2.25. The van der Waals surface area contributed by atoms with E-state index < -0.39 is 0 Å². The summed E-state index contributed by atoms with van der Waals surface area (Å²) in [6.07, 6.45) is 2.40. The molecular weight excluding hydrogens is 253 g/mol. The first-order valence-electron chi connectivity index (χ1n) is 5.42. The number of ether oxygens (including phenoxy) is 1. The lowest BCUT2D eigenvalue weighted by Crippen LogP contribution is -2.29. The average molecular weight is 267 g/mol. The number of thiazole rings is 1. The van der Waals surface area contributed by atoms with Crippen LogP contribution in [0, 0.1) is 5.82 Å². The molecule has 2 aromatic rings. The fraction of sp³-hybridized carbons (Fsp3) is 0.250. The van der Waals surface area contributed by atoms with Gasteiger partial charge in [0.1, 0.15) is 0 Å². The van der Waals surface area contributed by atoms with Crippen LogP contribution >= 0.6 is 11.3 Å². The van der Waals surface area contributed by atoms with Crippen LogP contribution in [0.3, 0.4) is 0 Å². The van der Waals surface area contributed by atoms with Crippen LogP contribution < -0.4 is 16.0 Å². The second kappa shape index (κ2) is 5.90. The summed E-state index contributed by atoms with van der Waals surface area (Å²) >= 11 is 1.56. The summed E-state index contributed by atoms with van der Waals surface area (Å²) < 4.78 is 18.3. The van der Waals surface area contributed by atoms with Gasteiger partial charge in [-0.25, -0.2) is 9.37 Å². The highest BCUT2D eigenvalue weighted by atomic mass is 32.1. The van der Waals surface area contributed by atoms with E-state index in [0.29, 0.717) is 6.42 Å². The van der Waals surface area contributed by atoms with Crippen molar-refractivity contribution in [3.8, 4) is 5.75 Å². The Morgan fingerprint density at radius 2 is 2.39 bits per heavy atom. The van der Waals surface area contributed by atoms with Crippen molar-refractivity contribution >= 4 is 11.3 Å². The Balaban J connectivity index is 2.21. The zero-order valence-electron chi connectivity index (χ0n) is 9.89. The molecule has 0 saturated heterocycles. The van der Waals surface area contributed by atoms with E-state index in [0.717, 1.165) is 10.6 Å². The Kier molecular flexibility index (Phi) is 4.24. The van der Waals surface area contributed by atoms with E-state index in [2.05, 4.69) is 10.4 Å². The lowest BCUT2D eigenvalue weighted by Gasteiger charge is -2.16. The maximum Gasteiger partial charge on any atom is 0.165 e. The van der Waals surface area contributed by atoms with Gasteiger partial charge in [-0.1, -0.05) is 6.07 Å². The first-order valence-corrected chi connectivity index (χ1v) is 6.30. The summed E-state index contributed by atoms with van der Waals surface area (Å²) in [4.78, 5) is 4.21. The molecule has 96 valence electrons. The SMILES string of the molecule is COc1cc(C(Cc2nccs2)NN)ccc1F. The molecule has 1 atom stereocenters. The summed E-state index contributed by atoms with van der Waals surface area (Å²) in [5, 5.41) is 2.88. The van der Waals surface area contributed by atoms with Crippen LogP contribution in [0.4, 0.5) is 4.39 Å². The zero-order valence-corrected chi connectivity index (χ0v) is 10.7. The van der Waals surface area contributed by atoms with Crippen molar-refractivity contribution in [1.82, 2.24) is 10.4 Å². The standard InChI is InChI=1S/C12H14FN3OS/c1-17-11-6-8(2-3-9(11)13)10(16-14)7-12-15-4-5-18-12/h2-6,10,16H,7,14H2,1H3. The maximum atomic E-state index is 13.3. The first kappa shape index (κ1) is 12.9. The smallest absolute Gasteiger partial charge is 0.165 e. The summed E-state index contributed by atoms with van der Waals surface area (Å²) in [5.41, 5.74) is 3.58. The Bertz CT molecular complexity index is 504. The second-order valence-corrected chi connectivity index (χ2v) is 4.72. The van der Waals surface area contributed by atoms with Gasteiger partial charge in [0.05, 0.1) is 18.2 Å². The molecule has 0 saturated carbocycles. The topological polar surface area (TPSA) is 60.2 Å². The molecule has 0 fully saturated rings. The van der Waals surface area contributed by atoms with Crippen LogP contribution in [0.2, 0.25) is 0 Å². The minimum Gasteiger partial charge on any atom is -0.494 e. The molecule has 0 radical (unpaired) electrons. The Morgan fingerprint density at radius 1 is 1.56 bits per heavy atom. The van der Waals surface area contributed by atoms with Crippen molar-refractivity contribution < 1.29 is 9.13 Å². The van der Waals surface area contributed by atoms with Gasteiger partial charge in [0, 0.05) is 18.0 Å². The highest BCUT2D eigenvalue weighted by molar-refractivity contribution is 7.09. The third kappa shape index (κ3) is 2.84. The normalized spacial score (nSPS) is 12.4. The molecular formula is C12H14FN3OS. The number of nitrogens with one attached hydrogen (secondary N) is 1. The van der Waals surface area contributed by atoms with Gasteiger partial charge in [0.15, 0.2) is 11.6 Å². The van der Waals surface area contributed by atoms with Gasteiger partial charge in [-0.05, 0) is 17.7 Å². The van der Waals surface area contributed by atoms with E-state index in [4.69, 9.17) is 10.6 Å². The first-order chi connectivity index (χ1) is 8.74. The fourth-order valence-corrected chi connectivity index (χ4v) is 2.36. The van der Waals surface area contributed by atoms with E-state index in [9.17, 15) is 4.39 Å². The average Bonchev–Trinajstić information content (AvgIpc) is 2.89. The number of benzene rings is 1. The number of nitrogens with two attached hydrogens (primary N) is 1. The molecule has 0 amide bonds. The van der Waals surface area contributed by atoms with Gasteiger partial charge in [0.2, 0.25) is 0 Å². The number of aromatic nitrogens is 1. The molecule has 1 aromatic heterocycles. The number of rotatable bonds is 5. The van der Waals surface area contributed by atoms with Crippen molar-refractivity contribution in [1.29, 1.82) is 0 Å². The van der Waals surface area contributed by atoms with Crippen LogP contribution in [0.5, 0.6) is 5.75 Å². The molecule has 0 bridgehead atoms. The van der Waals surface area contributed by atoms with E-state index >= 15 is 0 Å². The van der Waals surface area contributed by atoms with Gasteiger partial charge in [-0.2, -0.15) is 0 Å². The number of hydrogen-bond acceptors (Lipinski definition) is 5. The summed E-state index contributed by atoms with van der Waals surface area (Å²) in [7, 11) is 1.44. The Labute approximate surface area is 109 Å². The Morgan fingerprint density at radius 3 is 3.00 bits per heavy atom. The van der Waals surface area contributed by atoms with Crippen molar-refractivity contribution in [2.45, 2.75) is 12.5 Å². The molecule has 4 nitrogen and oxygen atoms in total. The molecule has 0 aliphatic rings. The molecule has 1 unspecified atom stereocenters. The number of halogens is 1. The Hall–Kier alpha value is -1.50. The van der Waals surface area contributed by atoms with E-state index in [1.807, 2.05) is 5.38 Å². The molecule has 3 N–H and O–H groups in total. The summed E-state index contributed by atoms with van der Waals surface area (Å²) in [5.74, 6) is 5.37. The van der Waals surface area contributed by atoms with Gasteiger partial charge in [0.25, 0.3) is 0 Å². The quantitative estimate of drug-likeness (QED) is 0.643. The van der Waals surface area contributed by atoms with E-state index in [1.165, 1.54) is 13.2 Å². The molecule has 2 rings (SSSR count). The van der Waals surface area contributed by atoms with Crippen LogP contribution in [0.25, 0.3) is 0 Å². The summed E-state index contributed by atoms with van der Waals surface area (Å²) in [6.45, 7) is 0. The van der Waals surface area contributed by atoms with Crippen molar-refractivity contribution in [3.05, 3.63) is 46.2 Å². The third-order valence-corrected chi connectivity index (χ3v) is 3.44. The van der Waals surface area contributed by atoms with Gasteiger partial charge >= 0.3 is 0 Å². The minimum atomic E-state index is -0.383. The number of hydrazine groups is 1. The molecule has 6 heteroatoms. The van der Waals surface area contributed by atoms with E-state index in [-0.39, 0.29) is 17.6 Å². The lowest BCUT2D eigenvalue weighted by atomic mass is 10.0. The monoisotopic (exact) mass is 267 g/mol. The number of methoxy groups -OCH3 is 1. The van der Waals surface area contributed by atoms with E-state index in [1.54, 1.807) is 29.7 Å². The van der Waals surface area contributed by atoms with Gasteiger partial charge < -0.3 is 4.74 Å². The fourth-order valence-electron chi connectivity index (χ4n) is 1.69. The molecule has 1 heterocycles. The molecule has 18 heavy (non-hydrogen) atoms. The largest absolute Gasteiger partial charge is 0.494 e. The lowest BCUT2D eigenvalue weighted by molar-refractivity contribution is 0.384. The molecule has 0 aliphatic heterocycles. The van der Waals surface area contributed by atoms with Crippen molar-refractivity contribution in [2.24, 2.45) is 5.84 Å². The van der Waals surface area contributed by atoms with Crippen LogP contribution in [0.15, 0.2) is 29.8 Å². The zero-order chi connectivity index (χ0) is 13.0. The maximum absolute atomic E-state index is 13.3. The van der Waals surface area contributed by atoms with Crippen LogP contribution in [-0.4, -0.2) is 12.1 Å². The predicted octanol–water partition coefficient (Wildman–Crippen LogP) is 2.04. The van der Waals surface area contributed by atoms with Crippen LogP contribution in [-0.2, 0) is 6.42 Å². The van der Waals surface area contributed by atoms with Crippen molar-refractivity contribution in [2.75, 3.05) is 7.11 Å². The molecule has 0 aliphatic carbocycles.